The summed E-state index contributed by atoms with van der Waals surface area (Å²) < 4.78 is 14.7. The van der Waals surface area contributed by atoms with Crippen molar-refractivity contribution in [3.63, 3.8) is 0 Å². The van der Waals surface area contributed by atoms with Crippen LogP contribution >= 0.6 is 11.3 Å². The molecule has 0 aliphatic carbocycles. The van der Waals surface area contributed by atoms with Crippen molar-refractivity contribution in [1.82, 2.24) is 14.8 Å². The Balaban J connectivity index is 2.12. The topological polar surface area (TPSA) is 47.8 Å². The molecule has 0 radical (unpaired) electrons. The van der Waals surface area contributed by atoms with Crippen LogP contribution in [-0.2, 0) is 0 Å². The Morgan fingerprint density at radius 2 is 2.26 bits per heavy atom. The first-order valence-electron chi connectivity index (χ1n) is 5.48. The number of aromatic nitrogens is 3. The minimum absolute atomic E-state index is 0.351. The van der Waals surface area contributed by atoms with Gasteiger partial charge in [0, 0.05) is 17.8 Å². The quantitative estimate of drug-likeness (QED) is 0.689. The molecule has 2 aromatic heterocycles. The maximum absolute atomic E-state index is 13.2. The lowest BCUT2D eigenvalue weighted by molar-refractivity contribution is 0.112. The minimum Gasteiger partial charge on any atom is -0.298 e. The molecule has 19 heavy (non-hydrogen) atoms. The Labute approximate surface area is 112 Å². The van der Waals surface area contributed by atoms with Crippen LogP contribution in [0, 0.1) is 5.82 Å². The van der Waals surface area contributed by atoms with E-state index >= 15 is 0 Å². The van der Waals surface area contributed by atoms with Crippen molar-refractivity contribution in [2.24, 2.45) is 0 Å². The van der Waals surface area contributed by atoms with Crippen LogP contribution in [0.15, 0.2) is 42.0 Å². The van der Waals surface area contributed by atoms with Crippen LogP contribution in [0.25, 0.3) is 16.4 Å². The maximum Gasteiger partial charge on any atom is 0.153 e. The second kappa shape index (κ2) is 4.74. The lowest BCUT2D eigenvalue weighted by Gasteiger charge is -2.00. The second-order valence-electron chi connectivity index (χ2n) is 3.81. The molecule has 1 aromatic carbocycles. The van der Waals surface area contributed by atoms with Gasteiger partial charge in [-0.3, -0.25) is 4.79 Å². The van der Waals surface area contributed by atoms with Crippen LogP contribution < -0.4 is 0 Å². The van der Waals surface area contributed by atoms with E-state index < -0.39 is 0 Å². The van der Waals surface area contributed by atoms with Gasteiger partial charge in [0.2, 0.25) is 0 Å². The van der Waals surface area contributed by atoms with Gasteiger partial charge in [-0.15, -0.1) is 11.3 Å². The van der Waals surface area contributed by atoms with E-state index in [2.05, 4.69) is 10.1 Å². The fourth-order valence-electron chi connectivity index (χ4n) is 1.73. The van der Waals surface area contributed by atoms with Crippen LogP contribution in [0.2, 0.25) is 0 Å². The van der Waals surface area contributed by atoms with Crippen LogP contribution in [-0.4, -0.2) is 21.1 Å². The standard InChI is InChI=1S/C13H8FN3OS/c14-10-2-1-3-11(6-10)17-7-9(8-18)12(16-17)13-15-4-5-19-13/h1-8H. The van der Waals surface area contributed by atoms with Gasteiger partial charge in [0.1, 0.15) is 16.5 Å². The zero-order chi connectivity index (χ0) is 13.2. The van der Waals surface area contributed by atoms with Gasteiger partial charge in [-0.1, -0.05) is 6.07 Å². The van der Waals surface area contributed by atoms with E-state index in [0.717, 1.165) is 6.29 Å². The molecule has 0 unspecified atom stereocenters. The highest BCUT2D eigenvalue weighted by atomic mass is 32.1. The summed E-state index contributed by atoms with van der Waals surface area (Å²) >= 11 is 1.40. The molecule has 0 N–H and O–H groups in total. The number of halogens is 1. The monoisotopic (exact) mass is 273 g/mol. The summed E-state index contributed by atoms with van der Waals surface area (Å²) in [6.07, 6.45) is 3.94. The van der Waals surface area contributed by atoms with Crippen molar-refractivity contribution in [3.05, 3.63) is 53.4 Å². The molecule has 0 amide bonds. The fraction of sp³-hybridized carbons (Fsp3) is 0. The molecule has 3 rings (SSSR count). The van der Waals surface area contributed by atoms with E-state index in [-0.39, 0.29) is 5.82 Å². The van der Waals surface area contributed by atoms with Crippen molar-refractivity contribution in [2.75, 3.05) is 0 Å². The Morgan fingerprint density at radius 3 is 2.95 bits per heavy atom. The summed E-state index contributed by atoms with van der Waals surface area (Å²) in [4.78, 5) is 15.2. The van der Waals surface area contributed by atoms with Gasteiger partial charge in [0.15, 0.2) is 6.29 Å². The minimum atomic E-state index is -0.351. The van der Waals surface area contributed by atoms with Crippen LogP contribution in [0.1, 0.15) is 10.4 Å². The van der Waals surface area contributed by atoms with E-state index in [0.29, 0.717) is 22.0 Å². The van der Waals surface area contributed by atoms with E-state index in [1.54, 1.807) is 24.5 Å². The van der Waals surface area contributed by atoms with Crippen molar-refractivity contribution in [1.29, 1.82) is 0 Å². The smallest absolute Gasteiger partial charge is 0.153 e. The number of hydrogen-bond donors (Lipinski definition) is 0. The summed E-state index contributed by atoms with van der Waals surface area (Å²) in [7, 11) is 0. The van der Waals surface area contributed by atoms with Crippen molar-refractivity contribution >= 4 is 17.6 Å². The van der Waals surface area contributed by atoms with Gasteiger partial charge in [0.05, 0.1) is 11.3 Å². The Bertz CT molecular complexity index is 721. The second-order valence-corrected chi connectivity index (χ2v) is 4.71. The van der Waals surface area contributed by atoms with Gasteiger partial charge >= 0.3 is 0 Å². The molecule has 3 aromatic rings. The molecule has 2 heterocycles. The van der Waals surface area contributed by atoms with Gasteiger partial charge in [0.25, 0.3) is 0 Å². The summed E-state index contributed by atoms with van der Waals surface area (Å²) in [6.45, 7) is 0. The lowest BCUT2D eigenvalue weighted by atomic mass is 10.3. The number of thiazole rings is 1. The van der Waals surface area contributed by atoms with E-state index in [9.17, 15) is 9.18 Å². The molecule has 6 heteroatoms. The molecule has 0 aliphatic rings. The van der Waals surface area contributed by atoms with E-state index in [4.69, 9.17) is 0 Å². The summed E-state index contributed by atoms with van der Waals surface area (Å²) in [5.74, 6) is -0.351. The normalized spacial score (nSPS) is 10.6. The Hall–Kier alpha value is -2.34. The van der Waals surface area contributed by atoms with Crippen molar-refractivity contribution in [2.45, 2.75) is 0 Å². The maximum atomic E-state index is 13.2. The van der Waals surface area contributed by atoms with Gasteiger partial charge in [-0.05, 0) is 18.2 Å². The number of nitrogens with zero attached hydrogens (tertiary/aromatic N) is 3. The van der Waals surface area contributed by atoms with Crippen LogP contribution in [0.3, 0.4) is 0 Å². The molecule has 0 atom stereocenters. The van der Waals surface area contributed by atoms with E-state index in [1.807, 2.05) is 5.38 Å². The molecular formula is C13H8FN3OS. The summed E-state index contributed by atoms with van der Waals surface area (Å²) in [5.41, 5.74) is 1.50. The van der Waals surface area contributed by atoms with Gasteiger partial charge in [-0.2, -0.15) is 5.10 Å². The average molecular weight is 273 g/mol. The zero-order valence-corrected chi connectivity index (χ0v) is 10.5. The van der Waals surface area contributed by atoms with Crippen molar-refractivity contribution < 1.29 is 9.18 Å². The number of aldehydes is 1. The highest BCUT2D eigenvalue weighted by Gasteiger charge is 2.13. The Morgan fingerprint density at radius 1 is 1.37 bits per heavy atom. The molecule has 94 valence electrons. The zero-order valence-electron chi connectivity index (χ0n) is 9.65. The number of carbonyl (C=O) groups is 1. The first kappa shape index (κ1) is 11.7. The molecular weight excluding hydrogens is 265 g/mol. The average Bonchev–Trinajstić information content (AvgIpc) is 3.07. The number of carbonyl (C=O) groups excluding carboxylic acids is 1. The summed E-state index contributed by atoms with van der Waals surface area (Å²) in [6, 6.07) is 6.02. The lowest BCUT2D eigenvalue weighted by Crippen LogP contribution is -1.95. The van der Waals surface area contributed by atoms with Crippen LogP contribution in [0.5, 0.6) is 0 Å². The number of rotatable bonds is 3. The summed E-state index contributed by atoms with van der Waals surface area (Å²) in [5, 5.41) is 6.78. The molecule has 0 bridgehead atoms. The Kier molecular flexibility index (Phi) is 2.92. The third-order valence-electron chi connectivity index (χ3n) is 2.58. The molecule has 0 aliphatic heterocycles. The molecule has 0 spiro atoms. The van der Waals surface area contributed by atoms with Crippen molar-refractivity contribution in [3.8, 4) is 16.4 Å². The number of benzene rings is 1. The molecule has 4 nitrogen and oxygen atoms in total. The molecule has 0 saturated carbocycles. The predicted octanol–water partition coefficient (Wildman–Crippen LogP) is 2.95. The SMILES string of the molecule is O=Cc1cn(-c2cccc(F)c2)nc1-c1nccs1. The largest absolute Gasteiger partial charge is 0.298 e. The molecule has 0 fully saturated rings. The third-order valence-corrected chi connectivity index (χ3v) is 3.36. The number of hydrogen-bond acceptors (Lipinski definition) is 4. The van der Waals surface area contributed by atoms with Crippen LogP contribution in [0.4, 0.5) is 4.39 Å². The fourth-order valence-corrected chi connectivity index (χ4v) is 2.37. The van der Waals surface area contributed by atoms with Gasteiger partial charge < -0.3 is 0 Å². The van der Waals surface area contributed by atoms with E-state index in [1.165, 1.54) is 28.2 Å². The highest BCUT2D eigenvalue weighted by molar-refractivity contribution is 7.13. The third kappa shape index (κ3) is 2.17. The predicted molar refractivity (Wildman–Crippen MR) is 70.0 cm³/mol. The first-order chi connectivity index (χ1) is 9.28. The highest BCUT2D eigenvalue weighted by Crippen LogP contribution is 2.24. The first-order valence-corrected chi connectivity index (χ1v) is 6.36. The molecule has 0 saturated heterocycles. The van der Waals surface area contributed by atoms with Gasteiger partial charge in [-0.25, -0.2) is 14.1 Å².